The topological polar surface area (TPSA) is 51.2 Å². The molecule has 78 valence electrons. The van der Waals surface area contributed by atoms with E-state index in [9.17, 15) is 14.4 Å². The Bertz CT molecular complexity index is 252. The molecule has 3 nitrogen and oxygen atoms in total. The second-order valence-corrected chi connectivity index (χ2v) is 3.89. The van der Waals surface area contributed by atoms with Crippen molar-refractivity contribution < 1.29 is 14.4 Å². The van der Waals surface area contributed by atoms with Gasteiger partial charge in [0.1, 0.15) is 17.3 Å². The van der Waals surface area contributed by atoms with Crippen LogP contribution < -0.4 is 0 Å². The smallest absolute Gasteiger partial charge is 0.144 e. The first-order chi connectivity index (χ1) is 6.57. The maximum Gasteiger partial charge on any atom is 0.144 e. The minimum absolute atomic E-state index is 0.0386. The molecule has 0 bridgehead atoms. The van der Waals surface area contributed by atoms with Gasteiger partial charge in [-0.05, 0) is 19.8 Å². The molecule has 0 spiro atoms. The summed E-state index contributed by atoms with van der Waals surface area (Å²) in [6.45, 7) is 3.31. The molecule has 0 aromatic heterocycles. The second kappa shape index (κ2) is 4.49. The van der Waals surface area contributed by atoms with E-state index >= 15 is 0 Å². The number of ketones is 3. The lowest BCUT2D eigenvalue weighted by Gasteiger charge is -2.25. The molecule has 1 atom stereocenters. The Balaban J connectivity index is 2.85. The van der Waals surface area contributed by atoms with E-state index in [1.54, 1.807) is 0 Å². The number of Topliss-reactive ketones (excluding diaryl/α,β-unsaturated/α-hetero) is 3. The molecule has 0 heterocycles. The van der Waals surface area contributed by atoms with Crippen molar-refractivity contribution in [3.8, 4) is 0 Å². The molecule has 0 amide bonds. The van der Waals surface area contributed by atoms with Crippen LogP contribution >= 0.6 is 0 Å². The van der Waals surface area contributed by atoms with E-state index in [1.165, 1.54) is 6.92 Å². The highest BCUT2D eigenvalue weighted by molar-refractivity contribution is 6.07. The van der Waals surface area contributed by atoms with Gasteiger partial charge in [0.15, 0.2) is 0 Å². The van der Waals surface area contributed by atoms with Gasteiger partial charge in [0.25, 0.3) is 0 Å². The van der Waals surface area contributed by atoms with Crippen LogP contribution in [-0.4, -0.2) is 17.3 Å². The second-order valence-electron chi connectivity index (χ2n) is 3.89. The van der Waals surface area contributed by atoms with E-state index in [0.717, 1.165) is 0 Å². The predicted molar refractivity (Wildman–Crippen MR) is 51.8 cm³/mol. The van der Waals surface area contributed by atoms with Crippen LogP contribution in [0.5, 0.6) is 0 Å². The van der Waals surface area contributed by atoms with Crippen LogP contribution in [0.15, 0.2) is 0 Å². The molecule has 1 unspecified atom stereocenters. The molecule has 1 aliphatic carbocycles. The highest BCUT2D eigenvalue weighted by atomic mass is 16.2. The fourth-order valence-corrected chi connectivity index (χ4v) is 2.13. The van der Waals surface area contributed by atoms with E-state index in [4.69, 9.17) is 0 Å². The van der Waals surface area contributed by atoms with Crippen molar-refractivity contribution in [1.29, 1.82) is 0 Å². The zero-order valence-corrected chi connectivity index (χ0v) is 8.71. The van der Waals surface area contributed by atoms with Gasteiger partial charge in [0.05, 0.1) is 5.92 Å². The third-order valence-corrected chi connectivity index (χ3v) is 2.90. The Kier molecular flexibility index (Phi) is 3.55. The highest BCUT2D eigenvalue weighted by Gasteiger charge is 2.37. The largest absolute Gasteiger partial charge is 0.300 e. The molecule has 0 saturated heterocycles. The van der Waals surface area contributed by atoms with E-state index in [1.807, 2.05) is 6.92 Å². The number of rotatable bonds is 3. The van der Waals surface area contributed by atoms with Crippen LogP contribution in [0.1, 0.15) is 39.5 Å². The number of hydrogen-bond donors (Lipinski definition) is 0. The fraction of sp³-hybridized carbons (Fsp3) is 0.727. The first-order valence-electron chi connectivity index (χ1n) is 5.13. The lowest BCUT2D eigenvalue weighted by molar-refractivity contribution is -0.142. The molecule has 1 fully saturated rings. The summed E-state index contributed by atoms with van der Waals surface area (Å²) in [4.78, 5) is 34.3. The Labute approximate surface area is 83.9 Å². The summed E-state index contributed by atoms with van der Waals surface area (Å²) in [5.74, 6) is -1.13. The summed E-state index contributed by atoms with van der Waals surface area (Å²) in [7, 11) is 0. The van der Waals surface area contributed by atoms with Gasteiger partial charge in [0, 0.05) is 18.8 Å². The molecule has 0 aromatic carbocycles. The van der Waals surface area contributed by atoms with E-state index in [0.29, 0.717) is 25.7 Å². The van der Waals surface area contributed by atoms with Gasteiger partial charge in [-0.1, -0.05) is 6.92 Å². The van der Waals surface area contributed by atoms with Gasteiger partial charge >= 0.3 is 0 Å². The van der Waals surface area contributed by atoms with Crippen LogP contribution in [0, 0.1) is 11.8 Å². The standard InChI is InChI=1S/C11H16O3/c1-3-8(7(2)12)11-9(13)5-4-6-10(11)14/h8,11H,3-6H2,1-2H3. The van der Waals surface area contributed by atoms with E-state index in [2.05, 4.69) is 0 Å². The van der Waals surface area contributed by atoms with Gasteiger partial charge in [-0.15, -0.1) is 0 Å². The summed E-state index contributed by atoms with van der Waals surface area (Å²) >= 11 is 0. The van der Waals surface area contributed by atoms with Gasteiger partial charge < -0.3 is 0 Å². The summed E-state index contributed by atoms with van der Waals surface area (Å²) in [6, 6.07) is 0. The SMILES string of the molecule is CCC(C(C)=O)C1C(=O)CCCC1=O. The van der Waals surface area contributed by atoms with Crippen molar-refractivity contribution in [2.75, 3.05) is 0 Å². The highest BCUT2D eigenvalue weighted by Crippen LogP contribution is 2.27. The average Bonchev–Trinajstić information content (AvgIpc) is 2.10. The van der Waals surface area contributed by atoms with Crippen LogP contribution in [0.2, 0.25) is 0 Å². The van der Waals surface area contributed by atoms with Crippen molar-refractivity contribution >= 4 is 17.3 Å². The monoisotopic (exact) mass is 196 g/mol. The summed E-state index contributed by atoms with van der Waals surface area (Å²) < 4.78 is 0. The molecular formula is C11H16O3. The number of hydrogen-bond acceptors (Lipinski definition) is 3. The quantitative estimate of drug-likeness (QED) is 0.643. The molecule has 1 rings (SSSR count). The van der Waals surface area contributed by atoms with Crippen molar-refractivity contribution in [1.82, 2.24) is 0 Å². The fourth-order valence-electron chi connectivity index (χ4n) is 2.13. The molecule has 0 aliphatic heterocycles. The molecule has 1 aliphatic rings. The van der Waals surface area contributed by atoms with Crippen molar-refractivity contribution in [3.05, 3.63) is 0 Å². The zero-order valence-electron chi connectivity index (χ0n) is 8.71. The maximum absolute atomic E-state index is 11.5. The van der Waals surface area contributed by atoms with Crippen LogP contribution in [-0.2, 0) is 14.4 Å². The third kappa shape index (κ3) is 2.08. The Morgan fingerprint density at radius 3 is 2.21 bits per heavy atom. The Morgan fingerprint density at radius 1 is 1.36 bits per heavy atom. The molecule has 1 saturated carbocycles. The summed E-state index contributed by atoms with van der Waals surface area (Å²) in [6.07, 6.45) is 2.15. The molecule has 0 aromatic rings. The molecular weight excluding hydrogens is 180 g/mol. The van der Waals surface area contributed by atoms with Gasteiger partial charge in [0.2, 0.25) is 0 Å². The summed E-state index contributed by atoms with van der Waals surface area (Å²) in [5, 5.41) is 0. The van der Waals surface area contributed by atoms with Crippen LogP contribution in [0.25, 0.3) is 0 Å². The lowest BCUT2D eigenvalue weighted by atomic mass is 9.75. The average molecular weight is 196 g/mol. The first-order valence-corrected chi connectivity index (χ1v) is 5.13. The lowest BCUT2D eigenvalue weighted by Crippen LogP contribution is -2.37. The molecule has 0 N–H and O–H groups in total. The minimum atomic E-state index is -0.633. The van der Waals surface area contributed by atoms with Crippen LogP contribution in [0.4, 0.5) is 0 Å². The van der Waals surface area contributed by atoms with E-state index < -0.39 is 5.92 Å². The van der Waals surface area contributed by atoms with Crippen molar-refractivity contribution in [3.63, 3.8) is 0 Å². The van der Waals surface area contributed by atoms with Gasteiger partial charge in [-0.2, -0.15) is 0 Å². The zero-order chi connectivity index (χ0) is 10.7. The van der Waals surface area contributed by atoms with Gasteiger partial charge in [-0.3, -0.25) is 14.4 Å². The molecule has 14 heavy (non-hydrogen) atoms. The third-order valence-electron chi connectivity index (χ3n) is 2.90. The normalized spacial score (nSPS) is 21.0. The number of carbonyl (C=O) groups excluding carboxylic acids is 3. The first kappa shape index (κ1) is 11.1. The Morgan fingerprint density at radius 2 is 1.86 bits per heavy atom. The Hall–Kier alpha value is -0.990. The van der Waals surface area contributed by atoms with E-state index in [-0.39, 0.29) is 23.3 Å². The van der Waals surface area contributed by atoms with Crippen molar-refractivity contribution in [2.45, 2.75) is 39.5 Å². The summed E-state index contributed by atoms with van der Waals surface area (Å²) in [5.41, 5.74) is 0. The molecule has 3 heteroatoms. The molecule has 0 radical (unpaired) electrons. The van der Waals surface area contributed by atoms with Gasteiger partial charge in [-0.25, -0.2) is 0 Å². The maximum atomic E-state index is 11.5. The van der Waals surface area contributed by atoms with Crippen LogP contribution in [0.3, 0.4) is 0 Å². The number of carbonyl (C=O) groups is 3. The minimum Gasteiger partial charge on any atom is -0.300 e. The van der Waals surface area contributed by atoms with Crippen molar-refractivity contribution in [2.24, 2.45) is 11.8 Å². The predicted octanol–water partition coefficient (Wildman–Crippen LogP) is 1.54.